The first-order valence-electron chi connectivity index (χ1n) is 11.4. The molecular formula is C30H32P+. The van der Waals surface area contributed by atoms with Crippen molar-refractivity contribution in [3.05, 3.63) is 127 Å². The summed E-state index contributed by atoms with van der Waals surface area (Å²) in [6.45, 7) is 2.43. The smallest absolute Gasteiger partial charge is 0.0624 e. The van der Waals surface area contributed by atoms with Crippen LogP contribution in [-0.2, 0) is 6.42 Å². The summed E-state index contributed by atoms with van der Waals surface area (Å²) in [6, 6.07) is 44.6. The van der Waals surface area contributed by atoms with Gasteiger partial charge in [0.05, 0.1) is 6.16 Å². The molecule has 0 fully saturated rings. The summed E-state index contributed by atoms with van der Waals surface area (Å²) >= 11 is 0. The Kier molecular flexibility index (Phi) is 7.34. The second kappa shape index (κ2) is 10.6. The normalized spacial score (nSPS) is 12.4. The van der Waals surface area contributed by atoms with Gasteiger partial charge in [-0.25, -0.2) is 0 Å². The molecule has 4 aromatic carbocycles. The molecule has 0 aliphatic carbocycles. The van der Waals surface area contributed by atoms with Crippen LogP contribution in [0.1, 0.15) is 25.3 Å². The van der Waals surface area contributed by atoms with Crippen LogP contribution < -0.4 is 15.9 Å². The van der Waals surface area contributed by atoms with Crippen molar-refractivity contribution < 1.29 is 0 Å². The van der Waals surface area contributed by atoms with Crippen molar-refractivity contribution in [3.63, 3.8) is 0 Å². The third-order valence-corrected chi connectivity index (χ3v) is 10.8. The standard InChI is InChI=1S/C30H32P/c1-26(22-23-27-14-6-2-7-15-27)24-25-31(28-16-8-3-9-17-28,29-18-10-4-11-19-29)30-20-12-5-13-21-30/h2-21,26H,22-25H2,1H3/q+1. The Bertz CT molecular complexity index is 930. The van der Waals surface area contributed by atoms with Crippen LogP contribution in [0.3, 0.4) is 0 Å². The third kappa shape index (κ3) is 5.15. The van der Waals surface area contributed by atoms with E-state index in [0.717, 1.165) is 6.42 Å². The summed E-state index contributed by atoms with van der Waals surface area (Å²) in [4.78, 5) is 0. The molecule has 4 aromatic rings. The fourth-order valence-corrected chi connectivity index (χ4v) is 9.04. The van der Waals surface area contributed by atoms with Crippen molar-refractivity contribution >= 4 is 23.2 Å². The maximum absolute atomic E-state index is 2.43. The fourth-order valence-electron chi connectivity index (χ4n) is 4.50. The quantitative estimate of drug-likeness (QED) is 0.265. The van der Waals surface area contributed by atoms with Crippen molar-refractivity contribution in [1.29, 1.82) is 0 Å². The van der Waals surface area contributed by atoms with Gasteiger partial charge >= 0.3 is 0 Å². The maximum Gasteiger partial charge on any atom is 0.112 e. The first kappa shape index (κ1) is 21.5. The highest BCUT2D eigenvalue weighted by atomic mass is 31.2. The Morgan fingerprint density at radius 1 is 0.516 bits per heavy atom. The zero-order chi connectivity index (χ0) is 21.4. The molecule has 1 heteroatoms. The molecule has 0 saturated heterocycles. The highest BCUT2D eigenvalue weighted by Crippen LogP contribution is 2.56. The predicted octanol–water partition coefficient (Wildman–Crippen LogP) is 6.64. The number of rotatable bonds is 9. The number of hydrogen-bond donors (Lipinski definition) is 0. The first-order valence-corrected chi connectivity index (χ1v) is 13.4. The SMILES string of the molecule is CC(CCc1ccccc1)CC[P+](c1ccccc1)(c1ccccc1)c1ccccc1. The lowest BCUT2D eigenvalue weighted by Crippen LogP contribution is -2.33. The minimum absolute atomic E-state index is 0.690. The summed E-state index contributed by atoms with van der Waals surface area (Å²) in [5.74, 6) is 0.690. The van der Waals surface area contributed by atoms with Crippen LogP contribution in [0.2, 0.25) is 0 Å². The van der Waals surface area contributed by atoms with Gasteiger partial charge in [0.25, 0.3) is 0 Å². The van der Waals surface area contributed by atoms with Crippen molar-refractivity contribution in [2.75, 3.05) is 6.16 Å². The molecule has 0 amide bonds. The number of benzene rings is 4. The Morgan fingerprint density at radius 3 is 1.32 bits per heavy atom. The third-order valence-electron chi connectivity index (χ3n) is 6.32. The van der Waals surface area contributed by atoms with Gasteiger partial charge in [0.15, 0.2) is 0 Å². The first-order chi connectivity index (χ1) is 15.3. The monoisotopic (exact) mass is 423 g/mol. The highest BCUT2D eigenvalue weighted by Gasteiger charge is 2.44. The van der Waals surface area contributed by atoms with E-state index in [1.807, 2.05) is 0 Å². The van der Waals surface area contributed by atoms with E-state index in [1.165, 1.54) is 40.5 Å². The zero-order valence-corrected chi connectivity index (χ0v) is 19.3. The molecule has 0 nitrogen and oxygen atoms in total. The van der Waals surface area contributed by atoms with Gasteiger partial charge in [-0.2, -0.15) is 0 Å². The van der Waals surface area contributed by atoms with Crippen LogP contribution >= 0.6 is 7.26 Å². The Hall–Kier alpha value is -2.69. The van der Waals surface area contributed by atoms with Crippen molar-refractivity contribution in [2.45, 2.75) is 26.2 Å². The van der Waals surface area contributed by atoms with Gasteiger partial charge in [0.1, 0.15) is 23.2 Å². The van der Waals surface area contributed by atoms with Crippen molar-refractivity contribution in [1.82, 2.24) is 0 Å². The van der Waals surface area contributed by atoms with Gasteiger partial charge in [-0.05, 0) is 67.1 Å². The van der Waals surface area contributed by atoms with Crippen molar-refractivity contribution in [2.24, 2.45) is 5.92 Å². The summed E-state index contributed by atoms with van der Waals surface area (Å²) < 4.78 is 0. The molecule has 0 saturated carbocycles. The van der Waals surface area contributed by atoms with Crippen molar-refractivity contribution in [3.8, 4) is 0 Å². The van der Waals surface area contributed by atoms with E-state index < -0.39 is 7.26 Å². The largest absolute Gasteiger partial charge is 0.112 e. The van der Waals surface area contributed by atoms with Crippen LogP contribution in [-0.4, -0.2) is 6.16 Å². The number of aryl methyl sites for hydroxylation is 1. The van der Waals surface area contributed by atoms with Crippen LogP contribution in [0.4, 0.5) is 0 Å². The molecule has 0 bridgehead atoms. The molecule has 0 aliphatic rings. The average Bonchev–Trinajstić information content (AvgIpc) is 2.86. The predicted molar refractivity (Wildman–Crippen MR) is 139 cm³/mol. The second-order valence-electron chi connectivity index (χ2n) is 8.46. The van der Waals surface area contributed by atoms with E-state index in [0.29, 0.717) is 5.92 Å². The minimum Gasteiger partial charge on any atom is -0.0624 e. The van der Waals surface area contributed by atoms with E-state index in [9.17, 15) is 0 Å². The van der Waals surface area contributed by atoms with Crippen LogP contribution in [0, 0.1) is 5.92 Å². The van der Waals surface area contributed by atoms with Gasteiger partial charge < -0.3 is 0 Å². The van der Waals surface area contributed by atoms with E-state index >= 15 is 0 Å². The summed E-state index contributed by atoms with van der Waals surface area (Å²) in [7, 11) is -1.70. The van der Waals surface area contributed by atoms with Crippen LogP contribution in [0.5, 0.6) is 0 Å². The summed E-state index contributed by atoms with van der Waals surface area (Å²) in [6.07, 6.45) is 4.85. The van der Waals surface area contributed by atoms with E-state index in [-0.39, 0.29) is 0 Å². The molecule has 31 heavy (non-hydrogen) atoms. The molecule has 0 aliphatic heterocycles. The lowest BCUT2D eigenvalue weighted by atomic mass is 9.99. The highest BCUT2D eigenvalue weighted by molar-refractivity contribution is 7.95. The Labute approximate surface area is 188 Å². The summed E-state index contributed by atoms with van der Waals surface area (Å²) in [5.41, 5.74) is 1.45. The van der Waals surface area contributed by atoms with Gasteiger partial charge in [0, 0.05) is 0 Å². The molecule has 4 rings (SSSR count). The topological polar surface area (TPSA) is 0 Å². The second-order valence-corrected chi connectivity index (χ2v) is 12.1. The summed E-state index contributed by atoms with van der Waals surface area (Å²) in [5, 5.41) is 4.47. The van der Waals surface area contributed by atoms with Gasteiger partial charge in [-0.3, -0.25) is 0 Å². The molecular weight excluding hydrogens is 391 g/mol. The molecule has 0 aromatic heterocycles. The minimum atomic E-state index is -1.70. The molecule has 0 N–H and O–H groups in total. The average molecular weight is 424 g/mol. The lowest BCUT2D eigenvalue weighted by Gasteiger charge is -2.28. The zero-order valence-electron chi connectivity index (χ0n) is 18.4. The van der Waals surface area contributed by atoms with Crippen LogP contribution in [0.25, 0.3) is 0 Å². The molecule has 0 heterocycles. The number of hydrogen-bond acceptors (Lipinski definition) is 0. The van der Waals surface area contributed by atoms with Crippen LogP contribution in [0.15, 0.2) is 121 Å². The van der Waals surface area contributed by atoms with Gasteiger partial charge in [0.2, 0.25) is 0 Å². The molecule has 1 unspecified atom stereocenters. The molecule has 0 spiro atoms. The molecule has 0 radical (unpaired) electrons. The fraction of sp³-hybridized carbons (Fsp3) is 0.200. The van der Waals surface area contributed by atoms with E-state index in [1.54, 1.807) is 0 Å². The van der Waals surface area contributed by atoms with E-state index in [2.05, 4.69) is 128 Å². The van der Waals surface area contributed by atoms with Gasteiger partial charge in [-0.15, -0.1) is 0 Å². The maximum atomic E-state index is 2.43. The van der Waals surface area contributed by atoms with Gasteiger partial charge in [-0.1, -0.05) is 91.9 Å². The molecule has 156 valence electrons. The Balaban J connectivity index is 1.65. The lowest BCUT2D eigenvalue weighted by molar-refractivity contribution is 0.519. The van der Waals surface area contributed by atoms with E-state index in [4.69, 9.17) is 0 Å². The molecule has 1 atom stereocenters. The Morgan fingerprint density at radius 2 is 0.903 bits per heavy atom.